The average molecular weight is 294 g/mol. The van der Waals surface area contributed by atoms with E-state index in [0.717, 1.165) is 18.7 Å². The number of hydrogen-bond donors (Lipinski definition) is 2. The second kappa shape index (κ2) is 7.75. The van der Waals surface area contributed by atoms with Crippen molar-refractivity contribution in [3.05, 3.63) is 29.8 Å². The van der Waals surface area contributed by atoms with Crippen LogP contribution in [0.1, 0.15) is 24.9 Å². The molecule has 5 heteroatoms. The number of nitrogens with zero attached hydrogens (tertiary/aromatic N) is 1. The van der Waals surface area contributed by atoms with E-state index in [9.17, 15) is 5.11 Å². The Balaban J connectivity index is 2.20. The minimum absolute atomic E-state index is 0.0488. The van der Waals surface area contributed by atoms with Crippen LogP contribution in [0, 0.1) is 0 Å². The van der Waals surface area contributed by atoms with Crippen LogP contribution in [0.3, 0.4) is 0 Å². The third-order valence-corrected chi connectivity index (χ3v) is 4.10. The van der Waals surface area contributed by atoms with Crippen molar-refractivity contribution in [2.75, 3.05) is 33.4 Å². The van der Waals surface area contributed by atoms with Crippen LogP contribution in [0.4, 0.5) is 0 Å². The molecule has 0 saturated carbocycles. The van der Waals surface area contributed by atoms with Gasteiger partial charge in [0.1, 0.15) is 5.75 Å². The van der Waals surface area contributed by atoms with Crippen molar-refractivity contribution in [3.8, 4) is 5.75 Å². The van der Waals surface area contributed by atoms with Gasteiger partial charge in [0.05, 0.1) is 32.5 Å². The zero-order valence-electron chi connectivity index (χ0n) is 12.9. The Morgan fingerprint density at radius 2 is 2.14 bits per heavy atom. The summed E-state index contributed by atoms with van der Waals surface area (Å²) >= 11 is 0. The molecule has 21 heavy (non-hydrogen) atoms. The molecule has 0 spiro atoms. The van der Waals surface area contributed by atoms with Gasteiger partial charge in [0, 0.05) is 19.1 Å². The molecule has 2 rings (SSSR count). The lowest BCUT2D eigenvalue weighted by Crippen LogP contribution is -2.50. The van der Waals surface area contributed by atoms with Crippen molar-refractivity contribution < 1.29 is 14.6 Å². The van der Waals surface area contributed by atoms with Crippen LogP contribution in [-0.4, -0.2) is 55.6 Å². The maximum Gasteiger partial charge on any atom is 0.118 e. The summed E-state index contributed by atoms with van der Waals surface area (Å²) in [6, 6.07) is 8.27. The molecule has 0 bridgehead atoms. The van der Waals surface area contributed by atoms with Crippen molar-refractivity contribution in [2.24, 2.45) is 5.73 Å². The molecule has 0 aliphatic carbocycles. The molecular weight excluding hydrogens is 268 g/mol. The van der Waals surface area contributed by atoms with E-state index in [1.165, 1.54) is 5.56 Å². The SMILES string of the molecule is CCC(N)C(c1ccc(OC)cc1)N1CCOC(CO)C1. The highest BCUT2D eigenvalue weighted by atomic mass is 16.5. The molecule has 3 atom stereocenters. The number of rotatable bonds is 6. The molecule has 1 fully saturated rings. The van der Waals surface area contributed by atoms with Crippen LogP contribution in [0.5, 0.6) is 5.75 Å². The second-order valence-electron chi connectivity index (χ2n) is 5.46. The Labute approximate surface area is 126 Å². The first-order valence-corrected chi connectivity index (χ1v) is 7.55. The summed E-state index contributed by atoms with van der Waals surface area (Å²) < 4.78 is 10.8. The first-order valence-electron chi connectivity index (χ1n) is 7.55. The zero-order chi connectivity index (χ0) is 15.2. The van der Waals surface area contributed by atoms with Gasteiger partial charge in [-0.15, -0.1) is 0 Å². The molecule has 0 radical (unpaired) electrons. The predicted molar refractivity (Wildman–Crippen MR) is 82.4 cm³/mol. The van der Waals surface area contributed by atoms with E-state index in [-0.39, 0.29) is 24.8 Å². The number of morpholine rings is 1. The van der Waals surface area contributed by atoms with Crippen LogP contribution in [-0.2, 0) is 4.74 Å². The van der Waals surface area contributed by atoms with Gasteiger partial charge >= 0.3 is 0 Å². The highest BCUT2D eigenvalue weighted by Gasteiger charge is 2.30. The molecule has 1 heterocycles. The fraction of sp³-hybridized carbons (Fsp3) is 0.625. The van der Waals surface area contributed by atoms with Gasteiger partial charge in [-0.05, 0) is 24.1 Å². The van der Waals surface area contributed by atoms with Gasteiger partial charge in [0.2, 0.25) is 0 Å². The number of aliphatic hydroxyl groups is 1. The summed E-state index contributed by atoms with van der Waals surface area (Å²) in [5.41, 5.74) is 7.55. The van der Waals surface area contributed by atoms with E-state index in [2.05, 4.69) is 24.0 Å². The highest BCUT2D eigenvalue weighted by molar-refractivity contribution is 5.30. The second-order valence-corrected chi connectivity index (χ2v) is 5.46. The smallest absolute Gasteiger partial charge is 0.118 e. The fourth-order valence-corrected chi connectivity index (χ4v) is 2.86. The Hall–Kier alpha value is -1.14. The molecule has 0 aromatic heterocycles. The standard InChI is InChI=1S/C16H26N2O3/c1-3-15(17)16(12-4-6-13(20-2)7-5-12)18-8-9-21-14(10-18)11-19/h4-7,14-16,19H,3,8-11,17H2,1-2H3. The number of nitrogens with two attached hydrogens (primary N) is 1. The van der Waals surface area contributed by atoms with Crippen LogP contribution < -0.4 is 10.5 Å². The summed E-state index contributed by atoms with van der Waals surface area (Å²) in [4.78, 5) is 2.32. The Morgan fingerprint density at radius 1 is 1.43 bits per heavy atom. The summed E-state index contributed by atoms with van der Waals surface area (Å²) in [6.45, 7) is 4.33. The molecular formula is C16H26N2O3. The van der Waals surface area contributed by atoms with Gasteiger partial charge in [-0.2, -0.15) is 0 Å². The Morgan fingerprint density at radius 3 is 2.71 bits per heavy atom. The lowest BCUT2D eigenvalue weighted by Gasteiger charge is -2.40. The van der Waals surface area contributed by atoms with Gasteiger partial charge in [-0.25, -0.2) is 0 Å². The van der Waals surface area contributed by atoms with E-state index in [1.807, 2.05) is 12.1 Å². The number of aliphatic hydroxyl groups excluding tert-OH is 1. The summed E-state index contributed by atoms with van der Waals surface area (Å²) in [7, 11) is 1.66. The minimum Gasteiger partial charge on any atom is -0.497 e. The van der Waals surface area contributed by atoms with Gasteiger partial charge in [-0.3, -0.25) is 4.90 Å². The van der Waals surface area contributed by atoms with Gasteiger partial charge in [0.25, 0.3) is 0 Å². The van der Waals surface area contributed by atoms with E-state index >= 15 is 0 Å². The fourth-order valence-electron chi connectivity index (χ4n) is 2.86. The van der Waals surface area contributed by atoms with E-state index in [4.69, 9.17) is 15.2 Å². The quantitative estimate of drug-likeness (QED) is 0.824. The molecule has 118 valence electrons. The molecule has 0 amide bonds. The minimum atomic E-state index is -0.122. The summed E-state index contributed by atoms with van der Waals surface area (Å²) in [5.74, 6) is 0.845. The van der Waals surface area contributed by atoms with Crippen molar-refractivity contribution in [2.45, 2.75) is 31.5 Å². The van der Waals surface area contributed by atoms with Crippen molar-refractivity contribution >= 4 is 0 Å². The van der Waals surface area contributed by atoms with Crippen molar-refractivity contribution in [3.63, 3.8) is 0 Å². The molecule has 1 saturated heterocycles. The van der Waals surface area contributed by atoms with E-state index < -0.39 is 0 Å². The first kappa shape index (κ1) is 16.2. The summed E-state index contributed by atoms with van der Waals surface area (Å²) in [6.07, 6.45) is 0.779. The monoisotopic (exact) mass is 294 g/mol. The number of methoxy groups -OCH3 is 1. The van der Waals surface area contributed by atoms with Crippen LogP contribution in [0.25, 0.3) is 0 Å². The maximum absolute atomic E-state index is 9.33. The zero-order valence-corrected chi connectivity index (χ0v) is 12.9. The number of benzene rings is 1. The molecule has 3 N–H and O–H groups in total. The molecule has 5 nitrogen and oxygen atoms in total. The van der Waals surface area contributed by atoms with Crippen LogP contribution in [0.2, 0.25) is 0 Å². The van der Waals surface area contributed by atoms with Crippen LogP contribution in [0.15, 0.2) is 24.3 Å². The van der Waals surface area contributed by atoms with E-state index in [1.54, 1.807) is 7.11 Å². The van der Waals surface area contributed by atoms with Gasteiger partial charge < -0.3 is 20.3 Å². The third kappa shape index (κ3) is 3.95. The van der Waals surface area contributed by atoms with E-state index in [0.29, 0.717) is 13.2 Å². The lowest BCUT2D eigenvalue weighted by atomic mass is 9.95. The number of ether oxygens (including phenoxy) is 2. The third-order valence-electron chi connectivity index (χ3n) is 4.10. The predicted octanol–water partition coefficient (Wildman–Crippen LogP) is 1.17. The molecule has 1 aliphatic heterocycles. The lowest BCUT2D eigenvalue weighted by molar-refractivity contribution is -0.0682. The highest BCUT2D eigenvalue weighted by Crippen LogP contribution is 2.28. The summed E-state index contributed by atoms with van der Waals surface area (Å²) in [5, 5.41) is 9.33. The normalized spacial score (nSPS) is 22.8. The van der Waals surface area contributed by atoms with Crippen LogP contribution >= 0.6 is 0 Å². The molecule has 1 aromatic carbocycles. The topological polar surface area (TPSA) is 68.0 Å². The molecule has 1 aromatic rings. The largest absolute Gasteiger partial charge is 0.497 e. The Kier molecular flexibility index (Phi) is 5.99. The van der Waals surface area contributed by atoms with Gasteiger partial charge in [0.15, 0.2) is 0 Å². The Bertz CT molecular complexity index is 424. The van der Waals surface area contributed by atoms with Crippen molar-refractivity contribution in [1.29, 1.82) is 0 Å². The van der Waals surface area contributed by atoms with Gasteiger partial charge in [-0.1, -0.05) is 19.1 Å². The first-order chi connectivity index (χ1) is 10.2. The molecule has 1 aliphatic rings. The average Bonchev–Trinajstić information content (AvgIpc) is 2.55. The molecule has 3 unspecified atom stereocenters. The van der Waals surface area contributed by atoms with Crippen molar-refractivity contribution in [1.82, 2.24) is 4.90 Å². The maximum atomic E-state index is 9.33. The number of hydrogen-bond acceptors (Lipinski definition) is 5.